The van der Waals surface area contributed by atoms with Crippen molar-refractivity contribution in [2.75, 3.05) is 26.2 Å². The van der Waals surface area contributed by atoms with E-state index in [2.05, 4.69) is 33.8 Å². The molecule has 0 aromatic carbocycles. The van der Waals surface area contributed by atoms with Crippen molar-refractivity contribution in [3.63, 3.8) is 0 Å². The van der Waals surface area contributed by atoms with Gasteiger partial charge in [-0.1, -0.05) is 6.92 Å². The Hall–Kier alpha value is -1.42. The van der Waals surface area contributed by atoms with Crippen LogP contribution in [-0.4, -0.2) is 46.9 Å². The summed E-state index contributed by atoms with van der Waals surface area (Å²) >= 11 is 0. The SMILES string of the molecule is CC1CC1C(=O)N1CCN(Cc2ccncc2)CC1. The summed E-state index contributed by atoms with van der Waals surface area (Å²) in [5.41, 5.74) is 1.30. The lowest BCUT2D eigenvalue weighted by Crippen LogP contribution is -2.48. The molecule has 102 valence electrons. The van der Waals surface area contributed by atoms with E-state index < -0.39 is 0 Å². The van der Waals surface area contributed by atoms with Gasteiger partial charge in [-0.05, 0) is 30.0 Å². The van der Waals surface area contributed by atoms with Crippen LogP contribution in [0.3, 0.4) is 0 Å². The predicted octanol–water partition coefficient (Wildman–Crippen LogP) is 1.38. The van der Waals surface area contributed by atoms with Crippen LogP contribution < -0.4 is 0 Å². The number of hydrogen-bond donors (Lipinski definition) is 0. The first-order valence-corrected chi connectivity index (χ1v) is 7.14. The van der Waals surface area contributed by atoms with E-state index in [-0.39, 0.29) is 0 Å². The topological polar surface area (TPSA) is 36.4 Å². The number of aromatic nitrogens is 1. The van der Waals surface area contributed by atoms with Gasteiger partial charge in [-0.3, -0.25) is 14.7 Å². The molecule has 3 rings (SSSR count). The standard InChI is InChI=1S/C15H21N3O/c1-12-10-14(12)15(19)18-8-6-17(7-9-18)11-13-2-4-16-5-3-13/h2-5,12,14H,6-11H2,1H3. The minimum absolute atomic E-state index is 0.326. The normalized spacial score (nSPS) is 27.3. The molecule has 1 aromatic rings. The molecule has 0 bridgehead atoms. The van der Waals surface area contributed by atoms with Gasteiger partial charge in [0.05, 0.1) is 0 Å². The van der Waals surface area contributed by atoms with E-state index in [0.29, 0.717) is 17.7 Å². The van der Waals surface area contributed by atoms with E-state index in [1.165, 1.54) is 5.56 Å². The first kappa shape index (κ1) is 12.6. The third kappa shape index (κ3) is 2.95. The van der Waals surface area contributed by atoms with Crippen LogP contribution in [-0.2, 0) is 11.3 Å². The number of nitrogens with zero attached hydrogens (tertiary/aromatic N) is 3. The molecule has 1 aliphatic carbocycles. The summed E-state index contributed by atoms with van der Waals surface area (Å²) in [5, 5.41) is 0. The molecule has 2 unspecified atom stereocenters. The fourth-order valence-corrected chi connectivity index (χ4v) is 2.77. The van der Waals surface area contributed by atoms with E-state index in [1.807, 2.05) is 12.4 Å². The van der Waals surface area contributed by atoms with Gasteiger partial charge in [0.15, 0.2) is 0 Å². The van der Waals surface area contributed by atoms with Crippen molar-refractivity contribution in [3.8, 4) is 0 Å². The highest BCUT2D eigenvalue weighted by atomic mass is 16.2. The van der Waals surface area contributed by atoms with Crippen LogP contribution in [0.15, 0.2) is 24.5 Å². The van der Waals surface area contributed by atoms with Crippen LogP contribution in [0, 0.1) is 11.8 Å². The molecule has 1 saturated carbocycles. The van der Waals surface area contributed by atoms with Crippen LogP contribution in [0.1, 0.15) is 18.9 Å². The average Bonchev–Trinajstić information content (AvgIpc) is 3.17. The number of hydrogen-bond acceptors (Lipinski definition) is 3. The lowest BCUT2D eigenvalue weighted by atomic mass is 10.2. The van der Waals surface area contributed by atoms with Gasteiger partial charge in [-0.25, -0.2) is 0 Å². The third-order valence-electron chi connectivity index (χ3n) is 4.27. The Morgan fingerprint density at radius 2 is 1.89 bits per heavy atom. The Morgan fingerprint density at radius 3 is 2.47 bits per heavy atom. The Morgan fingerprint density at radius 1 is 1.26 bits per heavy atom. The van der Waals surface area contributed by atoms with Crippen molar-refractivity contribution < 1.29 is 4.79 Å². The number of carbonyl (C=O) groups excluding carboxylic acids is 1. The second-order valence-electron chi connectivity index (χ2n) is 5.78. The van der Waals surface area contributed by atoms with Gasteiger partial charge < -0.3 is 4.90 Å². The molecule has 2 fully saturated rings. The molecule has 1 aliphatic heterocycles. The molecule has 0 N–H and O–H groups in total. The van der Waals surface area contributed by atoms with E-state index >= 15 is 0 Å². The zero-order chi connectivity index (χ0) is 13.2. The van der Waals surface area contributed by atoms with Gasteiger partial charge in [-0.15, -0.1) is 0 Å². The van der Waals surface area contributed by atoms with Gasteiger partial charge in [0.2, 0.25) is 5.91 Å². The van der Waals surface area contributed by atoms with Gasteiger partial charge >= 0.3 is 0 Å². The largest absolute Gasteiger partial charge is 0.340 e. The number of amides is 1. The number of pyridine rings is 1. The second kappa shape index (κ2) is 5.29. The number of carbonyl (C=O) groups is 1. The molecule has 19 heavy (non-hydrogen) atoms. The minimum Gasteiger partial charge on any atom is -0.340 e. The van der Waals surface area contributed by atoms with Gasteiger partial charge in [0.25, 0.3) is 0 Å². The zero-order valence-corrected chi connectivity index (χ0v) is 11.5. The average molecular weight is 259 g/mol. The van der Waals surface area contributed by atoms with Crippen LogP contribution in [0.2, 0.25) is 0 Å². The van der Waals surface area contributed by atoms with E-state index in [1.54, 1.807) is 0 Å². The second-order valence-corrected chi connectivity index (χ2v) is 5.78. The third-order valence-corrected chi connectivity index (χ3v) is 4.27. The van der Waals surface area contributed by atoms with Gasteiger partial charge in [-0.2, -0.15) is 0 Å². The molecule has 2 atom stereocenters. The molecule has 4 heteroatoms. The van der Waals surface area contributed by atoms with Crippen LogP contribution in [0.25, 0.3) is 0 Å². The van der Waals surface area contributed by atoms with E-state index in [0.717, 1.165) is 39.1 Å². The summed E-state index contributed by atoms with van der Waals surface area (Å²) in [5.74, 6) is 1.32. The summed E-state index contributed by atoms with van der Waals surface area (Å²) < 4.78 is 0. The maximum atomic E-state index is 12.1. The molecule has 2 aliphatic rings. The zero-order valence-electron chi connectivity index (χ0n) is 11.5. The van der Waals surface area contributed by atoms with Crippen molar-refractivity contribution in [3.05, 3.63) is 30.1 Å². The van der Waals surface area contributed by atoms with Crippen molar-refractivity contribution in [2.45, 2.75) is 19.9 Å². The Kier molecular flexibility index (Phi) is 3.51. The smallest absolute Gasteiger partial charge is 0.226 e. The van der Waals surface area contributed by atoms with Gasteiger partial charge in [0, 0.05) is 51.0 Å². The van der Waals surface area contributed by atoms with Crippen LogP contribution >= 0.6 is 0 Å². The Balaban J connectivity index is 1.48. The number of rotatable bonds is 3. The maximum Gasteiger partial charge on any atom is 0.226 e. The Labute approximate surface area is 114 Å². The number of piperazine rings is 1. The summed E-state index contributed by atoms with van der Waals surface area (Å²) in [7, 11) is 0. The Bertz CT molecular complexity index is 440. The monoisotopic (exact) mass is 259 g/mol. The molecule has 0 radical (unpaired) electrons. The van der Waals surface area contributed by atoms with Crippen LogP contribution in [0.4, 0.5) is 0 Å². The van der Waals surface area contributed by atoms with E-state index in [9.17, 15) is 4.79 Å². The highest BCUT2D eigenvalue weighted by Gasteiger charge is 2.41. The molecule has 4 nitrogen and oxygen atoms in total. The van der Waals surface area contributed by atoms with Crippen LogP contribution in [0.5, 0.6) is 0 Å². The van der Waals surface area contributed by atoms with Gasteiger partial charge in [0.1, 0.15) is 0 Å². The maximum absolute atomic E-state index is 12.1. The first-order chi connectivity index (χ1) is 9.24. The predicted molar refractivity (Wildman–Crippen MR) is 73.4 cm³/mol. The lowest BCUT2D eigenvalue weighted by Gasteiger charge is -2.35. The lowest BCUT2D eigenvalue weighted by molar-refractivity contribution is -0.134. The summed E-state index contributed by atoms with van der Waals surface area (Å²) in [4.78, 5) is 20.6. The highest BCUT2D eigenvalue weighted by Crippen LogP contribution is 2.39. The van der Waals surface area contributed by atoms with Crippen molar-refractivity contribution in [1.82, 2.24) is 14.8 Å². The molecule has 1 aromatic heterocycles. The fraction of sp³-hybridized carbons (Fsp3) is 0.600. The molecule has 2 heterocycles. The van der Waals surface area contributed by atoms with Crippen molar-refractivity contribution in [1.29, 1.82) is 0 Å². The summed E-state index contributed by atoms with van der Waals surface area (Å²) in [6.07, 6.45) is 4.77. The summed E-state index contributed by atoms with van der Waals surface area (Å²) in [6.45, 7) is 6.86. The van der Waals surface area contributed by atoms with Crippen molar-refractivity contribution in [2.24, 2.45) is 11.8 Å². The highest BCUT2D eigenvalue weighted by molar-refractivity contribution is 5.81. The molecule has 1 amide bonds. The molecular weight excluding hydrogens is 238 g/mol. The van der Waals surface area contributed by atoms with E-state index in [4.69, 9.17) is 0 Å². The molecule has 1 saturated heterocycles. The minimum atomic E-state index is 0.326. The van der Waals surface area contributed by atoms with Crippen molar-refractivity contribution >= 4 is 5.91 Å². The summed E-state index contributed by atoms with van der Waals surface area (Å²) in [6, 6.07) is 4.12. The first-order valence-electron chi connectivity index (χ1n) is 7.14. The molecular formula is C15H21N3O. The fourth-order valence-electron chi connectivity index (χ4n) is 2.77. The quantitative estimate of drug-likeness (QED) is 0.823. The molecule has 0 spiro atoms.